The van der Waals surface area contributed by atoms with E-state index in [-0.39, 0.29) is 27.8 Å². The Morgan fingerprint density at radius 1 is 1.03 bits per heavy atom. The second kappa shape index (κ2) is 11.2. The number of para-hydroxylation sites is 1. The van der Waals surface area contributed by atoms with Crippen molar-refractivity contribution in [2.75, 3.05) is 29.9 Å². The molecule has 0 heterocycles. The monoisotopic (exact) mass is 516 g/mol. The van der Waals surface area contributed by atoms with Gasteiger partial charge in [-0.3, -0.25) is 9.10 Å². The third kappa shape index (κ3) is 6.12. The predicted octanol–water partition coefficient (Wildman–Crippen LogP) is 4.67. The first-order valence-electron chi connectivity index (χ1n) is 10.7. The number of nitrogens with one attached hydrogen (secondary N) is 1. The summed E-state index contributed by atoms with van der Waals surface area (Å²) in [6, 6.07) is 17.1. The standard InChI is InChI=1S/C25H25ClN2O6S/c1-4-34-25(30)21-15-18(10-12-22(21)26)27-24(29)16-28(19-8-6-5-7-9-19)35(31,32)20-11-13-23(33-3)17(2)14-20/h5-15H,4,16H2,1-3H3,(H,27,29). The van der Waals surface area contributed by atoms with Crippen LogP contribution in [0.1, 0.15) is 22.8 Å². The topological polar surface area (TPSA) is 102 Å². The molecule has 3 rings (SSSR count). The average molecular weight is 517 g/mol. The number of rotatable bonds is 9. The zero-order chi connectivity index (χ0) is 25.6. The number of sulfonamides is 1. The number of ether oxygens (including phenoxy) is 2. The summed E-state index contributed by atoms with van der Waals surface area (Å²) >= 11 is 6.08. The number of nitrogens with zero attached hydrogens (tertiary/aromatic N) is 1. The third-order valence-corrected chi connectivity index (χ3v) is 7.13. The Kier molecular flexibility index (Phi) is 8.37. The van der Waals surface area contributed by atoms with Gasteiger partial charge in [-0.2, -0.15) is 0 Å². The molecule has 1 amide bonds. The first-order valence-corrected chi connectivity index (χ1v) is 12.5. The number of hydrogen-bond donors (Lipinski definition) is 1. The summed E-state index contributed by atoms with van der Waals surface area (Å²) in [6.07, 6.45) is 0. The Morgan fingerprint density at radius 3 is 2.37 bits per heavy atom. The highest BCUT2D eigenvalue weighted by atomic mass is 35.5. The highest BCUT2D eigenvalue weighted by molar-refractivity contribution is 7.92. The molecule has 0 aliphatic heterocycles. The number of anilines is 2. The lowest BCUT2D eigenvalue weighted by Crippen LogP contribution is -2.38. The Hall–Kier alpha value is -3.56. The molecular formula is C25H25ClN2O6S. The Bertz CT molecular complexity index is 1330. The van der Waals surface area contributed by atoms with Crippen molar-refractivity contribution >= 4 is 44.9 Å². The fraction of sp³-hybridized carbons (Fsp3) is 0.200. The molecule has 0 spiro atoms. The summed E-state index contributed by atoms with van der Waals surface area (Å²) < 4.78 is 38.3. The Morgan fingerprint density at radius 2 is 1.74 bits per heavy atom. The molecule has 0 aromatic heterocycles. The molecule has 8 nitrogen and oxygen atoms in total. The van der Waals surface area contributed by atoms with Crippen LogP contribution in [0.2, 0.25) is 5.02 Å². The van der Waals surface area contributed by atoms with Gasteiger partial charge in [-0.25, -0.2) is 13.2 Å². The maximum Gasteiger partial charge on any atom is 0.339 e. The summed E-state index contributed by atoms with van der Waals surface area (Å²) in [4.78, 5) is 25.1. The SMILES string of the molecule is CCOC(=O)c1cc(NC(=O)CN(c2ccccc2)S(=O)(=O)c2ccc(OC)c(C)c2)ccc1Cl. The van der Waals surface area contributed by atoms with Gasteiger partial charge in [-0.1, -0.05) is 29.8 Å². The molecule has 35 heavy (non-hydrogen) atoms. The van der Waals surface area contributed by atoms with Crippen molar-refractivity contribution in [1.82, 2.24) is 0 Å². The van der Waals surface area contributed by atoms with Gasteiger partial charge in [0.25, 0.3) is 10.0 Å². The largest absolute Gasteiger partial charge is 0.496 e. The maximum absolute atomic E-state index is 13.6. The highest BCUT2D eigenvalue weighted by Crippen LogP contribution is 2.28. The number of amides is 1. The van der Waals surface area contributed by atoms with Crippen LogP contribution in [0.15, 0.2) is 71.6 Å². The minimum atomic E-state index is -4.10. The van der Waals surface area contributed by atoms with Gasteiger partial charge in [0, 0.05) is 5.69 Å². The van der Waals surface area contributed by atoms with Gasteiger partial charge in [0.15, 0.2) is 0 Å². The van der Waals surface area contributed by atoms with Crippen LogP contribution in [0.4, 0.5) is 11.4 Å². The minimum Gasteiger partial charge on any atom is -0.496 e. The van der Waals surface area contributed by atoms with Crippen LogP contribution in [0.3, 0.4) is 0 Å². The van der Waals surface area contributed by atoms with Crippen LogP contribution in [-0.2, 0) is 19.6 Å². The quantitative estimate of drug-likeness (QED) is 0.415. The average Bonchev–Trinajstić information content (AvgIpc) is 2.84. The van der Waals surface area contributed by atoms with E-state index in [0.29, 0.717) is 17.0 Å². The predicted molar refractivity (Wildman–Crippen MR) is 135 cm³/mol. The number of aryl methyl sites for hydroxylation is 1. The zero-order valence-electron chi connectivity index (χ0n) is 19.4. The summed E-state index contributed by atoms with van der Waals surface area (Å²) in [5.41, 5.74) is 1.32. The lowest BCUT2D eigenvalue weighted by molar-refractivity contribution is -0.114. The van der Waals surface area contributed by atoms with E-state index in [1.54, 1.807) is 50.2 Å². The van der Waals surface area contributed by atoms with Crippen LogP contribution in [0, 0.1) is 6.92 Å². The van der Waals surface area contributed by atoms with Gasteiger partial charge in [0.1, 0.15) is 12.3 Å². The molecule has 1 N–H and O–H groups in total. The van der Waals surface area contributed by atoms with E-state index in [0.717, 1.165) is 4.31 Å². The van der Waals surface area contributed by atoms with Gasteiger partial charge in [-0.15, -0.1) is 0 Å². The van der Waals surface area contributed by atoms with Gasteiger partial charge < -0.3 is 14.8 Å². The van der Waals surface area contributed by atoms with E-state index in [1.165, 1.54) is 37.4 Å². The molecule has 184 valence electrons. The second-order valence-corrected chi connectivity index (χ2v) is 9.71. The number of halogens is 1. The number of methoxy groups -OCH3 is 1. The molecular weight excluding hydrogens is 492 g/mol. The molecule has 0 saturated carbocycles. The third-order valence-electron chi connectivity index (χ3n) is 5.03. The second-order valence-electron chi connectivity index (χ2n) is 7.44. The van der Waals surface area contributed by atoms with E-state index >= 15 is 0 Å². The minimum absolute atomic E-state index is 0.0172. The number of carbonyl (C=O) groups excluding carboxylic acids is 2. The number of benzene rings is 3. The molecule has 0 unspecified atom stereocenters. The molecule has 0 saturated heterocycles. The van der Waals surface area contributed by atoms with Crippen LogP contribution >= 0.6 is 11.6 Å². The van der Waals surface area contributed by atoms with Crippen molar-refractivity contribution in [3.63, 3.8) is 0 Å². The van der Waals surface area contributed by atoms with Gasteiger partial charge in [0.05, 0.1) is 34.9 Å². The lowest BCUT2D eigenvalue weighted by atomic mass is 10.2. The first-order chi connectivity index (χ1) is 16.7. The van der Waals surface area contributed by atoms with Crippen LogP contribution < -0.4 is 14.4 Å². The van der Waals surface area contributed by atoms with Gasteiger partial charge in [0.2, 0.25) is 5.91 Å². The summed E-state index contributed by atoms with van der Waals surface area (Å²) in [5, 5.41) is 2.80. The van der Waals surface area contributed by atoms with Crippen LogP contribution in [0.5, 0.6) is 5.75 Å². The van der Waals surface area contributed by atoms with Crippen molar-refractivity contribution in [2.45, 2.75) is 18.7 Å². The molecule has 0 aliphatic rings. The van der Waals surface area contributed by atoms with Crippen molar-refractivity contribution in [1.29, 1.82) is 0 Å². The molecule has 3 aromatic carbocycles. The summed E-state index contributed by atoms with van der Waals surface area (Å²) in [5.74, 6) is -0.690. The highest BCUT2D eigenvalue weighted by Gasteiger charge is 2.28. The number of esters is 1. The van der Waals surface area contributed by atoms with E-state index in [1.807, 2.05) is 0 Å². The zero-order valence-corrected chi connectivity index (χ0v) is 21.0. The summed E-state index contributed by atoms with van der Waals surface area (Å²) in [7, 11) is -2.60. The first kappa shape index (κ1) is 26.1. The van der Waals surface area contributed by atoms with Gasteiger partial charge >= 0.3 is 5.97 Å². The normalized spacial score (nSPS) is 11.0. The van der Waals surface area contributed by atoms with Crippen molar-refractivity contribution in [3.05, 3.63) is 82.9 Å². The number of carbonyl (C=O) groups is 2. The van der Waals surface area contributed by atoms with E-state index in [4.69, 9.17) is 21.1 Å². The van der Waals surface area contributed by atoms with Crippen molar-refractivity contribution in [3.8, 4) is 5.75 Å². The van der Waals surface area contributed by atoms with E-state index < -0.39 is 28.4 Å². The fourth-order valence-electron chi connectivity index (χ4n) is 3.35. The number of hydrogen-bond acceptors (Lipinski definition) is 6. The van der Waals surface area contributed by atoms with Crippen molar-refractivity contribution < 1.29 is 27.5 Å². The Balaban J connectivity index is 1.91. The maximum atomic E-state index is 13.6. The summed E-state index contributed by atoms with van der Waals surface area (Å²) in [6.45, 7) is 3.06. The lowest BCUT2D eigenvalue weighted by Gasteiger charge is -2.24. The fourth-order valence-corrected chi connectivity index (χ4v) is 5.05. The van der Waals surface area contributed by atoms with E-state index in [9.17, 15) is 18.0 Å². The molecule has 0 fully saturated rings. The van der Waals surface area contributed by atoms with Crippen molar-refractivity contribution in [2.24, 2.45) is 0 Å². The molecule has 0 atom stereocenters. The smallest absolute Gasteiger partial charge is 0.339 e. The molecule has 0 bridgehead atoms. The molecule has 3 aromatic rings. The van der Waals surface area contributed by atoms with Crippen LogP contribution in [-0.4, -0.2) is 40.6 Å². The molecule has 0 radical (unpaired) electrons. The van der Waals surface area contributed by atoms with Gasteiger partial charge in [-0.05, 0) is 67.9 Å². The molecule has 10 heteroatoms. The van der Waals surface area contributed by atoms with Crippen LogP contribution in [0.25, 0.3) is 0 Å². The molecule has 0 aliphatic carbocycles. The van der Waals surface area contributed by atoms with E-state index in [2.05, 4.69) is 5.32 Å². The Labute approximate surface area is 209 Å².